The van der Waals surface area contributed by atoms with E-state index in [1.807, 2.05) is 6.07 Å². The first-order valence-corrected chi connectivity index (χ1v) is 21.5. The van der Waals surface area contributed by atoms with Crippen molar-refractivity contribution in [1.82, 2.24) is 0 Å². The van der Waals surface area contributed by atoms with E-state index < -0.39 is 5.41 Å². The molecule has 3 heteroatoms. The average molecular weight is 794 g/mol. The Balaban J connectivity index is 0.906. The van der Waals surface area contributed by atoms with Crippen LogP contribution < -0.4 is 14.4 Å². The summed E-state index contributed by atoms with van der Waals surface area (Å²) in [5.74, 6) is 3.17. The van der Waals surface area contributed by atoms with Gasteiger partial charge in [-0.2, -0.15) is 0 Å². The highest BCUT2D eigenvalue weighted by atomic mass is 16.6. The maximum Gasteiger partial charge on any atom is 0.178 e. The number of fused-ring (bicyclic) bond motifs is 14. The average Bonchev–Trinajstić information content (AvgIpc) is 3.82. The molecule has 0 amide bonds. The highest BCUT2D eigenvalue weighted by molar-refractivity contribution is 5.98. The summed E-state index contributed by atoms with van der Waals surface area (Å²) in [4.78, 5) is 2.33. The Kier molecular flexibility index (Phi) is 7.65. The molecule has 1 heterocycles. The molecule has 1 spiro atoms. The van der Waals surface area contributed by atoms with E-state index in [9.17, 15) is 0 Å². The highest BCUT2D eigenvalue weighted by Crippen LogP contribution is 2.66. The van der Waals surface area contributed by atoms with Gasteiger partial charge in [-0.25, -0.2) is 0 Å². The molecule has 0 saturated heterocycles. The third kappa shape index (κ3) is 5.12. The molecular formula is C59H39NO2. The largest absolute Gasteiger partial charge is 0.449 e. The SMILES string of the molecule is C1=CC(c2ccc(N(c3ccc4c(c3)Oc3c(ccc5c3-c3ccccc3C53c5ccccc5-c5ccccc53)O4)c3ccc4ccccc4c3)cc2)CC=C1c1ccccc1. The molecule has 0 N–H and O–H groups in total. The van der Waals surface area contributed by atoms with E-state index in [1.54, 1.807) is 0 Å². The van der Waals surface area contributed by atoms with Crippen LogP contribution >= 0.6 is 0 Å². The fourth-order valence-electron chi connectivity index (χ4n) is 10.7. The summed E-state index contributed by atoms with van der Waals surface area (Å²) in [5.41, 5.74) is 16.4. The molecule has 9 aromatic carbocycles. The first-order chi connectivity index (χ1) is 30.7. The van der Waals surface area contributed by atoms with Crippen LogP contribution in [0.5, 0.6) is 23.0 Å². The minimum Gasteiger partial charge on any atom is -0.449 e. The van der Waals surface area contributed by atoms with Crippen molar-refractivity contribution in [3.63, 3.8) is 0 Å². The lowest BCUT2D eigenvalue weighted by Gasteiger charge is -2.31. The Labute approximate surface area is 361 Å². The molecule has 1 atom stereocenters. The molecule has 3 aliphatic carbocycles. The molecule has 0 aromatic heterocycles. The molecule has 0 saturated carbocycles. The topological polar surface area (TPSA) is 21.7 Å². The minimum absolute atomic E-state index is 0.317. The number of anilines is 3. The van der Waals surface area contributed by atoms with Crippen LogP contribution in [0.1, 0.15) is 45.7 Å². The van der Waals surface area contributed by atoms with Crippen LogP contribution in [0, 0.1) is 0 Å². The summed E-state index contributed by atoms with van der Waals surface area (Å²) in [6, 6.07) is 72.2. The first-order valence-electron chi connectivity index (χ1n) is 21.5. The van der Waals surface area contributed by atoms with E-state index in [-0.39, 0.29) is 0 Å². The molecule has 292 valence electrons. The van der Waals surface area contributed by atoms with E-state index in [2.05, 4.69) is 217 Å². The van der Waals surface area contributed by atoms with Gasteiger partial charge >= 0.3 is 0 Å². The van der Waals surface area contributed by atoms with Crippen molar-refractivity contribution < 1.29 is 9.47 Å². The fourth-order valence-corrected chi connectivity index (χ4v) is 10.7. The van der Waals surface area contributed by atoms with Gasteiger partial charge in [-0.3, -0.25) is 0 Å². The molecule has 9 aromatic rings. The second-order valence-electron chi connectivity index (χ2n) is 16.7. The summed E-state index contributed by atoms with van der Waals surface area (Å²) in [6.07, 6.45) is 7.94. The first kappa shape index (κ1) is 34.9. The predicted molar refractivity (Wildman–Crippen MR) is 252 cm³/mol. The van der Waals surface area contributed by atoms with Crippen molar-refractivity contribution in [2.24, 2.45) is 0 Å². The van der Waals surface area contributed by atoms with Gasteiger partial charge in [0.25, 0.3) is 0 Å². The number of hydrogen-bond acceptors (Lipinski definition) is 3. The van der Waals surface area contributed by atoms with Crippen LogP contribution in [0.2, 0.25) is 0 Å². The molecule has 13 rings (SSSR count). The molecule has 0 radical (unpaired) electrons. The van der Waals surface area contributed by atoms with Gasteiger partial charge in [-0.15, -0.1) is 0 Å². The molecule has 4 aliphatic rings. The van der Waals surface area contributed by atoms with Gasteiger partial charge in [-0.05, 0) is 115 Å². The van der Waals surface area contributed by atoms with Crippen LogP contribution in [0.3, 0.4) is 0 Å². The smallest absolute Gasteiger partial charge is 0.178 e. The van der Waals surface area contributed by atoms with Crippen molar-refractivity contribution in [2.45, 2.75) is 17.8 Å². The van der Waals surface area contributed by atoms with Gasteiger partial charge in [0.15, 0.2) is 23.0 Å². The molecule has 62 heavy (non-hydrogen) atoms. The summed E-state index contributed by atoms with van der Waals surface area (Å²) >= 11 is 0. The van der Waals surface area contributed by atoms with E-state index in [4.69, 9.17) is 9.47 Å². The van der Waals surface area contributed by atoms with E-state index >= 15 is 0 Å². The van der Waals surface area contributed by atoms with Crippen molar-refractivity contribution in [2.75, 3.05) is 4.90 Å². The van der Waals surface area contributed by atoms with Gasteiger partial charge in [0, 0.05) is 28.9 Å². The van der Waals surface area contributed by atoms with Crippen LogP contribution in [0.4, 0.5) is 17.1 Å². The summed E-state index contributed by atoms with van der Waals surface area (Å²) in [7, 11) is 0. The molecule has 0 fully saturated rings. The van der Waals surface area contributed by atoms with Crippen LogP contribution in [0.15, 0.2) is 218 Å². The quantitative estimate of drug-likeness (QED) is 0.173. The van der Waals surface area contributed by atoms with Crippen LogP contribution in [-0.2, 0) is 5.41 Å². The number of nitrogens with zero attached hydrogens (tertiary/aromatic N) is 1. The van der Waals surface area contributed by atoms with E-state index in [0.717, 1.165) is 40.5 Å². The summed E-state index contributed by atoms with van der Waals surface area (Å²) in [6.45, 7) is 0. The Morgan fingerprint density at radius 3 is 1.81 bits per heavy atom. The number of allylic oxidation sites excluding steroid dienone is 4. The van der Waals surface area contributed by atoms with Crippen molar-refractivity contribution in [1.29, 1.82) is 0 Å². The Hall–Kier alpha value is -7.88. The van der Waals surface area contributed by atoms with Crippen LogP contribution in [0.25, 0.3) is 38.6 Å². The van der Waals surface area contributed by atoms with Gasteiger partial charge < -0.3 is 14.4 Å². The molecule has 1 unspecified atom stereocenters. The number of benzene rings is 9. The summed E-state index contributed by atoms with van der Waals surface area (Å²) in [5, 5.41) is 2.39. The van der Waals surface area contributed by atoms with E-state index in [0.29, 0.717) is 17.4 Å². The van der Waals surface area contributed by atoms with Gasteiger partial charge in [-0.1, -0.05) is 170 Å². The van der Waals surface area contributed by atoms with Gasteiger partial charge in [0.1, 0.15) is 0 Å². The highest BCUT2D eigenvalue weighted by Gasteiger charge is 2.53. The maximum absolute atomic E-state index is 7.16. The van der Waals surface area contributed by atoms with E-state index in [1.165, 1.54) is 66.4 Å². The van der Waals surface area contributed by atoms with Crippen molar-refractivity contribution >= 4 is 33.4 Å². The number of hydrogen-bond donors (Lipinski definition) is 0. The predicted octanol–water partition coefficient (Wildman–Crippen LogP) is 15.7. The standard InChI is InChI=1S/C59H39NO2/c1-2-12-38(13-3-1)40-22-24-41(25-23-40)42-26-29-44(30-27-42)60(45-31-28-39-14-4-5-15-43(39)36-45)46-32-34-54-56(37-46)62-58-55(61-54)35-33-53-57(58)49-18-8-11-21-52(49)59(53)50-19-9-6-16-47(50)48-17-7-10-20-51(48)59/h1-24,26-37,41H,25H2. The van der Waals surface area contributed by atoms with Gasteiger partial charge in [0.05, 0.1) is 11.1 Å². The Morgan fingerprint density at radius 1 is 0.452 bits per heavy atom. The van der Waals surface area contributed by atoms with Crippen molar-refractivity contribution in [3.8, 4) is 45.3 Å². The maximum atomic E-state index is 7.16. The van der Waals surface area contributed by atoms with Crippen molar-refractivity contribution in [3.05, 3.63) is 252 Å². The zero-order valence-corrected chi connectivity index (χ0v) is 33.8. The van der Waals surface area contributed by atoms with Crippen LogP contribution in [-0.4, -0.2) is 0 Å². The zero-order valence-electron chi connectivity index (χ0n) is 33.8. The molecule has 3 nitrogen and oxygen atoms in total. The lowest BCUT2D eigenvalue weighted by Crippen LogP contribution is -2.25. The second-order valence-corrected chi connectivity index (χ2v) is 16.7. The summed E-state index contributed by atoms with van der Waals surface area (Å²) < 4.78 is 13.9. The molecule has 0 bridgehead atoms. The third-order valence-electron chi connectivity index (χ3n) is 13.5. The zero-order chi connectivity index (χ0) is 40.8. The second kappa shape index (κ2) is 13.6. The number of ether oxygens (including phenoxy) is 2. The molecular weight excluding hydrogens is 755 g/mol. The van der Waals surface area contributed by atoms with Gasteiger partial charge in [0.2, 0.25) is 0 Å². The third-order valence-corrected chi connectivity index (χ3v) is 13.5. The Morgan fingerprint density at radius 2 is 1.06 bits per heavy atom. The monoisotopic (exact) mass is 793 g/mol. The lowest BCUT2D eigenvalue weighted by atomic mass is 9.70. The Bertz CT molecular complexity index is 3300. The minimum atomic E-state index is -0.466. The fraction of sp³-hybridized carbons (Fsp3) is 0.0508. The normalized spacial score (nSPS) is 15.6. The number of rotatable bonds is 5. The molecule has 1 aliphatic heterocycles. The lowest BCUT2D eigenvalue weighted by molar-refractivity contribution is 0.360.